The lowest BCUT2D eigenvalue weighted by molar-refractivity contribution is -0.128. The van der Waals surface area contributed by atoms with Gasteiger partial charge in [0.1, 0.15) is 5.75 Å². The van der Waals surface area contributed by atoms with Crippen molar-refractivity contribution >= 4 is 39.9 Å². The smallest absolute Gasteiger partial charge is 0.336 e. The number of benzene rings is 3. The van der Waals surface area contributed by atoms with Crippen LogP contribution >= 0.6 is 15.9 Å². The predicted molar refractivity (Wildman–Crippen MR) is 114 cm³/mol. The molecule has 0 amide bonds. The Morgan fingerprint density at radius 3 is 2.30 bits per heavy atom. The topological polar surface area (TPSA) is 38.7 Å². The van der Waals surface area contributed by atoms with Gasteiger partial charge in [0.25, 0.3) is 0 Å². The highest BCUT2D eigenvalue weighted by Crippen LogP contribution is 2.18. The molecule has 3 aromatic rings. The summed E-state index contributed by atoms with van der Waals surface area (Å²) in [6.07, 6.45) is 4.93. The van der Waals surface area contributed by atoms with Gasteiger partial charge in [-0.25, -0.2) is 4.79 Å². The van der Waals surface area contributed by atoms with Crippen LogP contribution in [0, 0.1) is 6.92 Å². The Labute approximate surface area is 167 Å². The van der Waals surface area contributed by atoms with E-state index >= 15 is 0 Å². The van der Waals surface area contributed by atoms with Crippen molar-refractivity contribution in [1.82, 2.24) is 0 Å². The molecule has 0 N–H and O–H groups in total. The molecule has 4 heteroatoms. The summed E-state index contributed by atoms with van der Waals surface area (Å²) >= 11 is 3.38. The highest BCUT2D eigenvalue weighted by atomic mass is 79.9. The van der Waals surface area contributed by atoms with E-state index in [-0.39, 0.29) is 0 Å². The molecule has 0 radical (unpaired) electrons. The van der Waals surface area contributed by atoms with Crippen LogP contribution in [0.15, 0.2) is 88.3 Å². The Morgan fingerprint density at radius 1 is 0.926 bits per heavy atom. The van der Waals surface area contributed by atoms with Gasteiger partial charge in [-0.15, -0.1) is 0 Å². The number of halogens is 1. The maximum absolute atomic E-state index is 11.9. The average molecular weight is 420 g/mol. The molecule has 3 rings (SSSR count). The van der Waals surface area contributed by atoms with Crippen LogP contribution in [-0.4, -0.2) is 12.2 Å². The molecule has 0 spiro atoms. The van der Waals surface area contributed by atoms with Gasteiger partial charge in [0.2, 0.25) is 0 Å². The van der Waals surface area contributed by atoms with Gasteiger partial charge in [-0.2, -0.15) is 0 Å². The summed E-state index contributed by atoms with van der Waals surface area (Å²) in [4.78, 5) is 16.4. The summed E-state index contributed by atoms with van der Waals surface area (Å²) in [6.45, 7) is 2.02. The van der Waals surface area contributed by atoms with Crippen LogP contribution in [0.3, 0.4) is 0 Å². The number of aliphatic imine (C=N–C) groups is 1. The third-order valence-electron chi connectivity index (χ3n) is 3.85. The average Bonchev–Trinajstić information content (AvgIpc) is 2.68. The highest BCUT2D eigenvalue weighted by molar-refractivity contribution is 9.10. The number of esters is 1. The van der Waals surface area contributed by atoms with Crippen LogP contribution in [-0.2, 0) is 4.79 Å². The molecule has 0 saturated carbocycles. The first kappa shape index (κ1) is 18.8. The fraction of sp³-hybridized carbons (Fsp3) is 0.0435. The predicted octanol–water partition coefficient (Wildman–Crippen LogP) is 6.13. The van der Waals surface area contributed by atoms with Gasteiger partial charge in [-0.3, -0.25) is 4.99 Å². The monoisotopic (exact) mass is 419 g/mol. The second-order valence-electron chi connectivity index (χ2n) is 5.92. The number of hydrogen-bond donors (Lipinski definition) is 0. The molecular formula is C23H18BrNO2. The van der Waals surface area contributed by atoms with E-state index in [1.54, 1.807) is 24.4 Å². The van der Waals surface area contributed by atoms with Crippen molar-refractivity contribution in [1.29, 1.82) is 0 Å². The Bertz CT molecular complexity index is 974. The second kappa shape index (κ2) is 9.10. The first-order valence-electron chi connectivity index (χ1n) is 8.45. The Kier molecular flexibility index (Phi) is 6.34. The number of ether oxygens (including phenoxy) is 1. The number of aryl methyl sites for hydroxylation is 1. The van der Waals surface area contributed by atoms with E-state index < -0.39 is 5.97 Å². The van der Waals surface area contributed by atoms with Gasteiger partial charge in [0, 0.05) is 16.8 Å². The molecule has 0 atom stereocenters. The maximum Gasteiger partial charge on any atom is 0.336 e. The van der Waals surface area contributed by atoms with Crippen molar-refractivity contribution in [2.24, 2.45) is 4.99 Å². The van der Waals surface area contributed by atoms with Crippen LogP contribution in [0.2, 0.25) is 0 Å². The SMILES string of the molecule is Cc1ccccc1N=Cc1ccc(OC(=O)C=Cc2ccc(Br)cc2)cc1. The summed E-state index contributed by atoms with van der Waals surface area (Å²) in [5.74, 6) is 0.0766. The highest BCUT2D eigenvalue weighted by Gasteiger charge is 2.01. The minimum absolute atomic E-state index is 0.417. The van der Waals surface area contributed by atoms with Gasteiger partial charge in [-0.1, -0.05) is 46.3 Å². The number of carbonyl (C=O) groups excluding carboxylic acids is 1. The maximum atomic E-state index is 11.9. The van der Waals surface area contributed by atoms with E-state index in [9.17, 15) is 4.79 Å². The number of para-hydroxylation sites is 1. The molecule has 0 fully saturated rings. The van der Waals surface area contributed by atoms with E-state index in [1.807, 2.05) is 67.6 Å². The normalized spacial score (nSPS) is 11.2. The molecule has 3 aromatic carbocycles. The largest absolute Gasteiger partial charge is 0.423 e. The van der Waals surface area contributed by atoms with Crippen molar-refractivity contribution in [2.75, 3.05) is 0 Å². The van der Waals surface area contributed by atoms with Gasteiger partial charge >= 0.3 is 5.97 Å². The number of rotatable bonds is 5. The minimum Gasteiger partial charge on any atom is -0.423 e. The first-order chi connectivity index (χ1) is 13.1. The summed E-state index contributed by atoms with van der Waals surface area (Å²) in [5, 5.41) is 0. The molecule has 0 heterocycles. The Balaban J connectivity index is 1.59. The Hall–Kier alpha value is -2.98. The van der Waals surface area contributed by atoms with Crippen molar-refractivity contribution in [3.05, 3.63) is 100 Å². The zero-order chi connectivity index (χ0) is 19.1. The molecular weight excluding hydrogens is 402 g/mol. The third kappa shape index (κ3) is 5.76. The number of carbonyl (C=O) groups is 1. The number of hydrogen-bond acceptors (Lipinski definition) is 3. The van der Waals surface area contributed by atoms with Crippen molar-refractivity contribution < 1.29 is 9.53 Å². The zero-order valence-electron chi connectivity index (χ0n) is 14.8. The van der Waals surface area contributed by atoms with Crippen LogP contribution in [0.4, 0.5) is 5.69 Å². The first-order valence-corrected chi connectivity index (χ1v) is 9.25. The fourth-order valence-electron chi connectivity index (χ4n) is 2.36. The van der Waals surface area contributed by atoms with E-state index in [4.69, 9.17) is 4.74 Å². The van der Waals surface area contributed by atoms with Crippen molar-refractivity contribution in [3.8, 4) is 5.75 Å². The summed E-state index contributed by atoms with van der Waals surface area (Å²) in [5.41, 5.74) is 3.92. The van der Waals surface area contributed by atoms with E-state index in [0.717, 1.165) is 26.9 Å². The molecule has 0 aliphatic heterocycles. The van der Waals surface area contributed by atoms with Crippen LogP contribution in [0.1, 0.15) is 16.7 Å². The molecule has 0 aliphatic rings. The molecule has 0 aromatic heterocycles. The Morgan fingerprint density at radius 2 is 1.59 bits per heavy atom. The second-order valence-corrected chi connectivity index (χ2v) is 6.84. The molecule has 134 valence electrons. The van der Waals surface area contributed by atoms with Crippen LogP contribution in [0.5, 0.6) is 5.75 Å². The molecule has 0 bridgehead atoms. The van der Waals surface area contributed by atoms with Gasteiger partial charge in [-0.05, 0) is 72.2 Å². The van der Waals surface area contributed by atoms with E-state index in [2.05, 4.69) is 20.9 Å². The standard InChI is InChI=1S/C23H18BrNO2/c1-17-4-2-3-5-22(17)25-16-19-8-13-21(14-9-19)27-23(26)15-10-18-6-11-20(24)12-7-18/h2-16H,1H3. The minimum atomic E-state index is -0.417. The van der Waals surface area contributed by atoms with Gasteiger partial charge in [0.15, 0.2) is 0 Å². The zero-order valence-corrected chi connectivity index (χ0v) is 16.4. The van der Waals surface area contributed by atoms with E-state index in [1.165, 1.54) is 6.08 Å². The summed E-state index contributed by atoms with van der Waals surface area (Å²) < 4.78 is 6.31. The lowest BCUT2D eigenvalue weighted by Crippen LogP contribution is -2.03. The summed E-state index contributed by atoms with van der Waals surface area (Å²) in [6, 6.07) is 22.8. The van der Waals surface area contributed by atoms with E-state index in [0.29, 0.717) is 5.75 Å². The fourth-order valence-corrected chi connectivity index (χ4v) is 2.63. The molecule has 0 unspecified atom stereocenters. The third-order valence-corrected chi connectivity index (χ3v) is 4.38. The molecule has 27 heavy (non-hydrogen) atoms. The van der Waals surface area contributed by atoms with Crippen LogP contribution < -0.4 is 4.74 Å². The van der Waals surface area contributed by atoms with Gasteiger partial charge in [0.05, 0.1) is 5.69 Å². The molecule has 3 nitrogen and oxygen atoms in total. The quantitative estimate of drug-likeness (QED) is 0.216. The van der Waals surface area contributed by atoms with Gasteiger partial charge < -0.3 is 4.74 Å². The van der Waals surface area contributed by atoms with Crippen molar-refractivity contribution in [2.45, 2.75) is 6.92 Å². The molecule has 0 aliphatic carbocycles. The summed E-state index contributed by atoms with van der Waals surface area (Å²) in [7, 11) is 0. The lowest BCUT2D eigenvalue weighted by Gasteiger charge is -2.02. The lowest BCUT2D eigenvalue weighted by atomic mass is 10.2. The van der Waals surface area contributed by atoms with Crippen LogP contribution in [0.25, 0.3) is 6.08 Å². The van der Waals surface area contributed by atoms with Crippen molar-refractivity contribution in [3.63, 3.8) is 0 Å². The molecule has 0 saturated heterocycles. The number of nitrogens with zero attached hydrogens (tertiary/aromatic N) is 1.